The van der Waals surface area contributed by atoms with Crippen molar-refractivity contribution < 1.29 is 4.79 Å². The maximum atomic E-state index is 12.2. The van der Waals surface area contributed by atoms with E-state index in [0.29, 0.717) is 6.42 Å². The molecule has 1 aliphatic rings. The lowest BCUT2D eigenvalue weighted by Crippen LogP contribution is -2.37. The van der Waals surface area contributed by atoms with Gasteiger partial charge in [0.1, 0.15) is 0 Å². The van der Waals surface area contributed by atoms with E-state index in [1.807, 2.05) is 24.3 Å². The molecule has 0 saturated heterocycles. The molecule has 0 spiro atoms. The Labute approximate surface area is 135 Å². The summed E-state index contributed by atoms with van der Waals surface area (Å²) in [6, 6.07) is 8.14. The molecule has 1 unspecified atom stereocenters. The summed E-state index contributed by atoms with van der Waals surface area (Å²) in [6.07, 6.45) is 14.2. The first-order chi connectivity index (χ1) is 10.7. The molecule has 0 aromatic heterocycles. The number of hydrogen-bond acceptors (Lipinski definition) is 2. The van der Waals surface area contributed by atoms with Crippen molar-refractivity contribution in [2.24, 2.45) is 0 Å². The number of unbranched alkanes of at least 4 members (excludes halogenated alkanes) is 6. The molecule has 0 saturated carbocycles. The topological polar surface area (TPSA) is 20.3 Å². The maximum Gasteiger partial charge on any atom is 0.167 e. The van der Waals surface area contributed by atoms with E-state index in [1.165, 1.54) is 38.5 Å². The standard InChI is InChI=1S/C20H29NO/c1-3-4-5-6-7-8-9-10-13-17-16-20(22)18-14-11-12-15-19(18)21(17)2/h10-15,17H,3-9,16H2,1-2H3/b13-10+. The second-order valence-corrected chi connectivity index (χ2v) is 6.31. The van der Waals surface area contributed by atoms with Crippen LogP contribution in [0.1, 0.15) is 68.6 Å². The minimum absolute atomic E-state index is 0.211. The van der Waals surface area contributed by atoms with E-state index in [4.69, 9.17) is 0 Å². The zero-order valence-corrected chi connectivity index (χ0v) is 14.1. The SMILES string of the molecule is CCCCCCCC/C=C/C1CC(=O)c2ccccc2N1C. The zero-order chi connectivity index (χ0) is 15.8. The van der Waals surface area contributed by atoms with Gasteiger partial charge in [0.05, 0.1) is 6.04 Å². The molecular formula is C20H29NO. The lowest BCUT2D eigenvalue weighted by Gasteiger charge is -2.33. The number of nitrogens with zero attached hydrogens (tertiary/aromatic N) is 1. The van der Waals surface area contributed by atoms with Gasteiger partial charge in [0.2, 0.25) is 0 Å². The lowest BCUT2D eigenvalue weighted by atomic mass is 9.94. The Bertz CT molecular complexity index is 506. The third-order valence-corrected chi connectivity index (χ3v) is 4.56. The number of carbonyl (C=O) groups excluding carboxylic acids is 1. The molecule has 2 heteroatoms. The Morgan fingerprint density at radius 2 is 1.86 bits per heavy atom. The van der Waals surface area contributed by atoms with E-state index < -0.39 is 0 Å². The number of likely N-dealkylation sites (N-methyl/N-ethyl adjacent to an activating group) is 1. The summed E-state index contributed by atoms with van der Waals surface area (Å²) in [7, 11) is 2.09. The van der Waals surface area contributed by atoms with Crippen molar-refractivity contribution in [2.45, 2.75) is 64.3 Å². The minimum Gasteiger partial charge on any atom is -0.367 e. The molecule has 0 amide bonds. The predicted octanol–water partition coefficient (Wildman–Crippen LogP) is 5.38. The van der Waals surface area contributed by atoms with E-state index in [0.717, 1.165) is 17.7 Å². The fraction of sp³-hybridized carbons (Fsp3) is 0.550. The summed E-state index contributed by atoms with van der Waals surface area (Å²) in [4.78, 5) is 14.4. The van der Waals surface area contributed by atoms with Gasteiger partial charge in [-0.05, 0) is 25.0 Å². The average molecular weight is 299 g/mol. The molecule has 1 aromatic carbocycles. The van der Waals surface area contributed by atoms with Crippen LogP contribution >= 0.6 is 0 Å². The van der Waals surface area contributed by atoms with Gasteiger partial charge in [-0.3, -0.25) is 4.79 Å². The van der Waals surface area contributed by atoms with Crippen LogP contribution in [0.4, 0.5) is 5.69 Å². The molecule has 1 aliphatic heterocycles. The van der Waals surface area contributed by atoms with E-state index in [-0.39, 0.29) is 11.8 Å². The lowest BCUT2D eigenvalue weighted by molar-refractivity contribution is 0.0973. The summed E-state index contributed by atoms with van der Waals surface area (Å²) in [5.41, 5.74) is 1.93. The quantitative estimate of drug-likeness (QED) is 0.474. The number of carbonyl (C=O) groups is 1. The van der Waals surface area contributed by atoms with E-state index in [1.54, 1.807) is 0 Å². The Morgan fingerprint density at radius 3 is 2.68 bits per heavy atom. The first-order valence-corrected chi connectivity index (χ1v) is 8.75. The third kappa shape index (κ3) is 4.46. The van der Waals surface area contributed by atoms with Crippen molar-refractivity contribution >= 4 is 11.5 Å². The Morgan fingerprint density at radius 1 is 1.14 bits per heavy atom. The minimum atomic E-state index is 0.211. The number of Topliss-reactive ketones (excluding diaryl/α,β-unsaturated/α-hetero) is 1. The van der Waals surface area contributed by atoms with Gasteiger partial charge in [-0.25, -0.2) is 0 Å². The highest BCUT2D eigenvalue weighted by Gasteiger charge is 2.26. The second-order valence-electron chi connectivity index (χ2n) is 6.31. The van der Waals surface area contributed by atoms with Crippen LogP contribution in [-0.2, 0) is 0 Å². The number of allylic oxidation sites excluding steroid dienone is 1. The highest BCUT2D eigenvalue weighted by Crippen LogP contribution is 2.29. The number of fused-ring (bicyclic) bond motifs is 1. The molecule has 0 fully saturated rings. The summed E-state index contributed by atoms with van der Waals surface area (Å²) < 4.78 is 0. The summed E-state index contributed by atoms with van der Waals surface area (Å²) >= 11 is 0. The number of para-hydroxylation sites is 1. The Hall–Kier alpha value is -1.57. The molecule has 2 nitrogen and oxygen atoms in total. The number of anilines is 1. The van der Waals surface area contributed by atoms with Gasteiger partial charge in [-0.15, -0.1) is 0 Å². The second kappa shape index (κ2) is 8.77. The number of rotatable bonds is 8. The molecule has 0 radical (unpaired) electrons. The number of benzene rings is 1. The van der Waals surface area contributed by atoms with Crippen molar-refractivity contribution in [3.05, 3.63) is 42.0 Å². The molecule has 0 aliphatic carbocycles. The number of hydrogen-bond donors (Lipinski definition) is 0. The average Bonchev–Trinajstić information content (AvgIpc) is 2.54. The van der Waals surface area contributed by atoms with Crippen LogP contribution in [0.5, 0.6) is 0 Å². The summed E-state index contributed by atoms with van der Waals surface area (Å²) in [5.74, 6) is 0.267. The van der Waals surface area contributed by atoms with Crippen LogP contribution in [0.2, 0.25) is 0 Å². The molecule has 2 rings (SSSR count). The highest BCUT2D eigenvalue weighted by atomic mass is 16.1. The van der Waals surface area contributed by atoms with Gasteiger partial charge < -0.3 is 4.90 Å². The van der Waals surface area contributed by atoms with Gasteiger partial charge in [0, 0.05) is 24.7 Å². The van der Waals surface area contributed by atoms with Crippen LogP contribution in [0, 0.1) is 0 Å². The van der Waals surface area contributed by atoms with Crippen LogP contribution in [0.25, 0.3) is 0 Å². The van der Waals surface area contributed by atoms with E-state index in [2.05, 4.69) is 31.0 Å². The number of ketones is 1. The van der Waals surface area contributed by atoms with Gasteiger partial charge in [-0.2, -0.15) is 0 Å². The van der Waals surface area contributed by atoms with Crippen molar-refractivity contribution in [3.8, 4) is 0 Å². The highest BCUT2D eigenvalue weighted by molar-refractivity contribution is 6.03. The largest absolute Gasteiger partial charge is 0.367 e. The molecule has 1 aromatic rings. The predicted molar refractivity (Wildman–Crippen MR) is 94.7 cm³/mol. The van der Waals surface area contributed by atoms with Crippen molar-refractivity contribution in [2.75, 3.05) is 11.9 Å². The third-order valence-electron chi connectivity index (χ3n) is 4.56. The van der Waals surface area contributed by atoms with Crippen molar-refractivity contribution in [3.63, 3.8) is 0 Å². The van der Waals surface area contributed by atoms with Crippen LogP contribution in [0.3, 0.4) is 0 Å². The molecule has 1 heterocycles. The molecule has 0 N–H and O–H groups in total. The zero-order valence-electron chi connectivity index (χ0n) is 14.1. The molecule has 0 bridgehead atoms. The fourth-order valence-corrected chi connectivity index (χ4v) is 3.13. The summed E-state index contributed by atoms with van der Waals surface area (Å²) in [6.45, 7) is 2.25. The fourth-order valence-electron chi connectivity index (χ4n) is 3.13. The van der Waals surface area contributed by atoms with Gasteiger partial charge in [-0.1, -0.05) is 63.3 Å². The smallest absolute Gasteiger partial charge is 0.167 e. The normalized spacial score (nSPS) is 18.0. The van der Waals surface area contributed by atoms with Crippen LogP contribution in [-0.4, -0.2) is 18.9 Å². The molecule has 120 valence electrons. The first kappa shape index (κ1) is 16.8. The van der Waals surface area contributed by atoms with Gasteiger partial charge >= 0.3 is 0 Å². The Kier molecular flexibility index (Phi) is 6.70. The summed E-state index contributed by atoms with van der Waals surface area (Å²) in [5, 5.41) is 0. The first-order valence-electron chi connectivity index (χ1n) is 8.75. The van der Waals surface area contributed by atoms with Crippen molar-refractivity contribution in [1.82, 2.24) is 0 Å². The van der Waals surface area contributed by atoms with Crippen LogP contribution in [0.15, 0.2) is 36.4 Å². The molecular weight excluding hydrogens is 270 g/mol. The van der Waals surface area contributed by atoms with E-state index >= 15 is 0 Å². The van der Waals surface area contributed by atoms with Gasteiger partial charge in [0.15, 0.2) is 5.78 Å². The van der Waals surface area contributed by atoms with Gasteiger partial charge in [0.25, 0.3) is 0 Å². The van der Waals surface area contributed by atoms with E-state index in [9.17, 15) is 4.79 Å². The monoisotopic (exact) mass is 299 g/mol. The Balaban J connectivity index is 1.79. The van der Waals surface area contributed by atoms with Crippen molar-refractivity contribution in [1.29, 1.82) is 0 Å². The van der Waals surface area contributed by atoms with Crippen LogP contribution < -0.4 is 4.90 Å². The maximum absolute atomic E-state index is 12.2. The molecule has 22 heavy (non-hydrogen) atoms. The molecule has 1 atom stereocenters.